The highest BCUT2D eigenvalue weighted by molar-refractivity contribution is 9.10. The van der Waals surface area contributed by atoms with Gasteiger partial charge in [-0.1, -0.05) is 30.3 Å². The molecule has 0 bridgehead atoms. The predicted octanol–water partition coefficient (Wildman–Crippen LogP) is 4.47. The first kappa shape index (κ1) is 25.6. The lowest BCUT2D eigenvalue weighted by Crippen LogP contribution is -2.54. The van der Waals surface area contributed by atoms with E-state index in [0.717, 1.165) is 0 Å². The Morgan fingerprint density at radius 1 is 1.13 bits per heavy atom. The van der Waals surface area contributed by atoms with Crippen LogP contribution >= 0.6 is 15.9 Å². The van der Waals surface area contributed by atoms with Gasteiger partial charge in [0.1, 0.15) is 6.61 Å². The van der Waals surface area contributed by atoms with Crippen LogP contribution in [0.2, 0.25) is 0 Å². The SMILES string of the molecule is COc1cc([C@@H]2CN(C)[C@@]3(C(=O)Nc4ccccc43)[C@H]2[N+](=O)[O-])cc(Br)c1OCc1cccc([N+](=O)[O-])c1. The van der Waals surface area contributed by atoms with Gasteiger partial charge in [0.15, 0.2) is 17.0 Å². The van der Waals surface area contributed by atoms with E-state index in [4.69, 9.17) is 9.47 Å². The number of benzene rings is 3. The normalized spacial score (nSPS) is 22.2. The number of halogens is 1. The average molecular weight is 583 g/mol. The predicted molar refractivity (Wildman–Crippen MR) is 141 cm³/mol. The summed E-state index contributed by atoms with van der Waals surface area (Å²) in [5, 5.41) is 26.5. The lowest BCUT2D eigenvalue weighted by Gasteiger charge is -2.30. The zero-order chi connectivity index (χ0) is 27.2. The number of nitro groups is 2. The van der Waals surface area contributed by atoms with Gasteiger partial charge in [0, 0.05) is 34.9 Å². The number of fused-ring (bicyclic) bond motifs is 2. The number of amides is 1. The second-order valence-electron chi connectivity index (χ2n) is 9.23. The van der Waals surface area contributed by atoms with Crippen molar-refractivity contribution in [3.8, 4) is 11.5 Å². The fourth-order valence-corrected chi connectivity index (χ4v) is 6.16. The van der Waals surface area contributed by atoms with Crippen LogP contribution < -0.4 is 14.8 Å². The molecule has 3 aromatic carbocycles. The van der Waals surface area contributed by atoms with Crippen LogP contribution in [-0.4, -0.2) is 47.4 Å². The Hall–Kier alpha value is -4.03. The highest BCUT2D eigenvalue weighted by atomic mass is 79.9. The smallest absolute Gasteiger partial charge is 0.269 e. The minimum atomic E-state index is -1.46. The van der Waals surface area contributed by atoms with Crippen LogP contribution in [0.15, 0.2) is 65.1 Å². The van der Waals surface area contributed by atoms with Crippen LogP contribution in [-0.2, 0) is 16.9 Å². The highest BCUT2D eigenvalue weighted by Gasteiger charge is 2.68. The number of nitrogens with zero attached hydrogens (tertiary/aromatic N) is 3. The van der Waals surface area contributed by atoms with E-state index in [9.17, 15) is 25.0 Å². The monoisotopic (exact) mass is 582 g/mol. The van der Waals surface area contributed by atoms with Crippen LogP contribution in [0, 0.1) is 20.2 Å². The Bertz CT molecular complexity index is 1470. The van der Waals surface area contributed by atoms with Gasteiger partial charge in [-0.25, -0.2) is 0 Å². The van der Waals surface area contributed by atoms with Gasteiger partial charge in [0.2, 0.25) is 0 Å². The molecule has 196 valence electrons. The van der Waals surface area contributed by atoms with E-state index < -0.39 is 28.3 Å². The Balaban J connectivity index is 1.50. The van der Waals surface area contributed by atoms with E-state index >= 15 is 0 Å². The minimum Gasteiger partial charge on any atom is -0.493 e. The standard InChI is InChI=1S/C26H23BrN4O7/c1-29-13-18(24(31(35)36)26(29)19-8-3-4-9-21(19)28-25(26)32)16-11-20(27)23(22(12-16)37-2)38-14-15-6-5-7-17(10-15)30(33)34/h3-12,18,24H,13-14H2,1-2H3,(H,28,32)/t18-,24-,26+/m0/s1. The highest BCUT2D eigenvalue weighted by Crippen LogP contribution is 2.53. The summed E-state index contributed by atoms with van der Waals surface area (Å²) in [5.41, 5.74) is 0.854. The van der Waals surface area contributed by atoms with Crippen molar-refractivity contribution in [2.24, 2.45) is 0 Å². The summed E-state index contributed by atoms with van der Waals surface area (Å²) in [7, 11) is 3.18. The second kappa shape index (κ2) is 9.69. The number of likely N-dealkylation sites (tertiary alicyclic amines) is 1. The second-order valence-corrected chi connectivity index (χ2v) is 10.1. The van der Waals surface area contributed by atoms with Crippen LogP contribution in [0.5, 0.6) is 11.5 Å². The number of nitrogens with one attached hydrogen (secondary N) is 1. The van der Waals surface area contributed by atoms with Gasteiger partial charge in [-0.15, -0.1) is 0 Å². The molecular formula is C26H23BrN4O7. The topological polar surface area (TPSA) is 137 Å². The zero-order valence-electron chi connectivity index (χ0n) is 20.4. The molecule has 38 heavy (non-hydrogen) atoms. The molecule has 3 atom stereocenters. The van der Waals surface area contributed by atoms with E-state index in [1.54, 1.807) is 60.5 Å². The molecule has 0 unspecified atom stereocenters. The molecule has 0 saturated carbocycles. The van der Waals surface area contributed by atoms with E-state index in [1.165, 1.54) is 19.2 Å². The molecular weight excluding hydrogens is 560 g/mol. The van der Waals surface area contributed by atoms with Crippen LogP contribution in [0.3, 0.4) is 0 Å². The van der Waals surface area contributed by atoms with E-state index in [1.807, 2.05) is 0 Å². The molecule has 0 aliphatic carbocycles. The van der Waals surface area contributed by atoms with Gasteiger partial charge < -0.3 is 14.8 Å². The van der Waals surface area contributed by atoms with E-state index in [-0.39, 0.29) is 23.8 Å². The summed E-state index contributed by atoms with van der Waals surface area (Å²) in [4.78, 5) is 37.9. The Morgan fingerprint density at radius 2 is 1.89 bits per heavy atom. The average Bonchev–Trinajstić information content (AvgIpc) is 3.37. The molecule has 1 spiro atoms. The van der Waals surface area contributed by atoms with Crippen molar-refractivity contribution in [1.29, 1.82) is 0 Å². The Morgan fingerprint density at radius 3 is 2.61 bits per heavy atom. The molecule has 1 N–H and O–H groups in total. The Labute approximate surface area is 225 Å². The van der Waals surface area contributed by atoms with Gasteiger partial charge >= 0.3 is 0 Å². The molecule has 1 fully saturated rings. The third kappa shape index (κ3) is 3.96. The third-order valence-electron chi connectivity index (χ3n) is 7.23. The molecule has 12 heteroatoms. The first-order valence-electron chi connectivity index (χ1n) is 11.7. The largest absolute Gasteiger partial charge is 0.493 e. The number of anilines is 1. The van der Waals surface area contributed by atoms with Crippen molar-refractivity contribution in [3.63, 3.8) is 0 Å². The number of carbonyl (C=O) groups excluding carboxylic acids is 1. The molecule has 1 amide bonds. The summed E-state index contributed by atoms with van der Waals surface area (Å²) < 4.78 is 12.0. The fraction of sp³-hybridized carbons (Fsp3) is 0.269. The number of rotatable bonds is 7. The van der Waals surface area contributed by atoms with Gasteiger partial charge in [0.25, 0.3) is 17.6 Å². The molecule has 11 nitrogen and oxygen atoms in total. The summed E-state index contributed by atoms with van der Waals surface area (Å²) in [6, 6.07) is 15.3. The maximum atomic E-state index is 13.3. The number of hydrogen-bond donors (Lipinski definition) is 1. The lowest BCUT2D eigenvalue weighted by molar-refractivity contribution is -0.534. The van der Waals surface area contributed by atoms with Crippen molar-refractivity contribution < 1.29 is 24.1 Å². The van der Waals surface area contributed by atoms with Gasteiger partial charge in [0.05, 0.1) is 22.4 Å². The molecule has 3 aromatic rings. The summed E-state index contributed by atoms with van der Waals surface area (Å²) in [6.07, 6.45) is 0. The van der Waals surface area contributed by atoms with Crippen molar-refractivity contribution in [1.82, 2.24) is 4.90 Å². The first-order chi connectivity index (χ1) is 18.2. The zero-order valence-corrected chi connectivity index (χ0v) is 22.0. The lowest BCUT2D eigenvalue weighted by atomic mass is 9.79. The number of methoxy groups -OCH3 is 1. The molecule has 2 aliphatic heterocycles. The molecule has 0 radical (unpaired) electrons. The van der Waals surface area contributed by atoms with Crippen molar-refractivity contribution in [2.75, 3.05) is 26.0 Å². The van der Waals surface area contributed by atoms with Gasteiger partial charge in [-0.2, -0.15) is 0 Å². The number of para-hydroxylation sites is 1. The van der Waals surface area contributed by atoms with Gasteiger partial charge in [-0.05, 0) is 52.3 Å². The third-order valence-corrected chi connectivity index (χ3v) is 7.81. The van der Waals surface area contributed by atoms with Crippen molar-refractivity contribution >= 4 is 33.2 Å². The number of hydrogen-bond acceptors (Lipinski definition) is 8. The summed E-state index contributed by atoms with van der Waals surface area (Å²) in [6.45, 7) is 0.302. The molecule has 2 aliphatic rings. The van der Waals surface area contributed by atoms with Crippen molar-refractivity contribution in [2.45, 2.75) is 24.1 Å². The fourth-order valence-electron chi connectivity index (χ4n) is 5.59. The van der Waals surface area contributed by atoms with Crippen LogP contribution in [0.4, 0.5) is 11.4 Å². The maximum Gasteiger partial charge on any atom is 0.269 e. The van der Waals surface area contributed by atoms with Gasteiger partial charge in [-0.3, -0.25) is 29.9 Å². The maximum absolute atomic E-state index is 13.3. The number of likely N-dealkylation sites (N-methyl/N-ethyl adjacent to an activating group) is 1. The summed E-state index contributed by atoms with van der Waals surface area (Å²) in [5.74, 6) is -0.372. The molecule has 2 heterocycles. The van der Waals surface area contributed by atoms with Crippen LogP contribution in [0.1, 0.15) is 22.6 Å². The first-order valence-corrected chi connectivity index (χ1v) is 12.5. The van der Waals surface area contributed by atoms with E-state index in [2.05, 4.69) is 21.2 Å². The molecule has 1 saturated heterocycles. The summed E-state index contributed by atoms with van der Waals surface area (Å²) >= 11 is 3.51. The molecule has 0 aromatic heterocycles. The van der Waals surface area contributed by atoms with E-state index in [0.29, 0.717) is 38.3 Å². The van der Waals surface area contributed by atoms with Crippen molar-refractivity contribution in [3.05, 3.63) is 102 Å². The number of ether oxygens (including phenoxy) is 2. The Kier molecular flexibility index (Phi) is 6.53. The quantitative estimate of drug-likeness (QED) is 0.318. The number of carbonyl (C=O) groups is 1. The van der Waals surface area contributed by atoms with Crippen LogP contribution in [0.25, 0.3) is 0 Å². The number of nitro benzene ring substituents is 1. The number of non-ortho nitro benzene ring substituents is 1. The molecule has 5 rings (SSSR count). The minimum absolute atomic E-state index is 0.0414.